The number of nitrogens with zero attached hydrogens (tertiary/aromatic N) is 1. The van der Waals surface area contributed by atoms with Crippen molar-refractivity contribution in [2.75, 3.05) is 26.2 Å². The van der Waals surface area contributed by atoms with E-state index < -0.39 is 11.5 Å². The lowest BCUT2D eigenvalue weighted by Gasteiger charge is -2.33. The first-order valence-corrected chi connectivity index (χ1v) is 8.22. The molecule has 0 saturated carbocycles. The molecule has 1 fully saturated rings. The van der Waals surface area contributed by atoms with Gasteiger partial charge in [0.2, 0.25) is 0 Å². The Balaban J connectivity index is 2.34. The van der Waals surface area contributed by atoms with Crippen LogP contribution in [0.5, 0.6) is 0 Å². The summed E-state index contributed by atoms with van der Waals surface area (Å²) in [7, 11) is 0. The molecule has 0 aliphatic carbocycles. The highest BCUT2D eigenvalue weighted by Gasteiger charge is 2.31. The lowest BCUT2D eigenvalue weighted by Crippen LogP contribution is -2.50. The molecule has 1 aliphatic rings. The molecule has 0 aromatic heterocycles. The number of carboxylic acid groups (broad SMARTS) is 1. The quantitative estimate of drug-likeness (QED) is 0.683. The van der Waals surface area contributed by atoms with Crippen LogP contribution < -0.4 is 5.32 Å². The van der Waals surface area contributed by atoms with Crippen molar-refractivity contribution >= 4 is 5.97 Å². The van der Waals surface area contributed by atoms with Crippen LogP contribution in [0.25, 0.3) is 0 Å². The molecule has 4 nitrogen and oxygen atoms in total. The van der Waals surface area contributed by atoms with Gasteiger partial charge in [-0.2, -0.15) is 0 Å². The summed E-state index contributed by atoms with van der Waals surface area (Å²) in [6, 6.07) is 0. The maximum Gasteiger partial charge on any atom is 0.323 e. The summed E-state index contributed by atoms with van der Waals surface area (Å²) in [6.07, 6.45) is 6.54. The lowest BCUT2D eigenvalue weighted by molar-refractivity contribution is -0.144. The summed E-state index contributed by atoms with van der Waals surface area (Å²) >= 11 is 0. The molecule has 2 atom stereocenters. The fourth-order valence-corrected chi connectivity index (χ4v) is 3.02. The van der Waals surface area contributed by atoms with Crippen LogP contribution in [0.15, 0.2) is 0 Å². The summed E-state index contributed by atoms with van der Waals surface area (Å²) in [4.78, 5) is 13.9. The molecule has 0 aromatic rings. The van der Waals surface area contributed by atoms with Gasteiger partial charge in [-0.15, -0.1) is 0 Å². The predicted octanol–water partition coefficient (Wildman–Crippen LogP) is 2.73. The minimum atomic E-state index is -0.768. The molecular formula is C16H32N2O2. The van der Waals surface area contributed by atoms with Crippen molar-refractivity contribution in [3.63, 3.8) is 0 Å². The molecule has 1 heterocycles. The maximum absolute atomic E-state index is 11.4. The molecule has 0 bridgehead atoms. The summed E-state index contributed by atoms with van der Waals surface area (Å²) in [5.41, 5.74) is -0.768. The smallest absolute Gasteiger partial charge is 0.323 e. The van der Waals surface area contributed by atoms with Crippen molar-refractivity contribution in [1.29, 1.82) is 0 Å². The maximum atomic E-state index is 11.4. The van der Waals surface area contributed by atoms with E-state index >= 15 is 0 Å². The molecule has 0 spiro atoms. The fourth-order valence-electron chi connectivity index (χ4n) is 3.02. The van der Waals surface area contributed by atoms with Crippen molar-refractivity contribution in [3.8, 4) is 0 Å². The lowest BCUT2D eigenvalue weighted by atomic mass is 9.93. The van der Waals surface area contributed by atoms with Crippen molar-refractivity contribution in [2.45, 2.75) is 64.8 Å². The molecule has 0 amide bonds. The van der Waals surface area contributed by atoms with Crippen molar-refractivity contribution < 1.29 is 9.90 Å². The molecule has 2 N–H and O–H groups in total. The molecule has 0 radical (unpaired) electrons. The number of nitrogens with one attached hydrogen (secondary N) is 1. The average Bonchev–Trinajstić information content (AvgIpc) is 2.45. The van der Waals surface area contributed by atoms with Gasteiger partial charge in [0.25, 0.3) is 0 Å². The van der Waals surface area contributed by atoms with Gasteiger partial charge in [-0.05, 0) is 64.6 Å². The van der Waals surface area contributed by atoms with E-state index in [0.29, 0.717) is 6.42 Å². The average molecular weight is 284 g/mol. The number of likely N-dealkylation sites (tertiary alicyclic amines) is 1. The highest BCUT2D eigenvalue weighted by atomic mass is 16.4. The van der Waals surface area contributed by atoms with Crippen molar-refractivity contribution in [3.05, 3.63) is 0 Å². The van der Waals surface area contributed by atoms with Gasteiger partial charge in [0.15, 0.2) is 0 Å². The molecule has 0 aromatic carbocycles. The van der Waals surface area contributed by atoms with Crippen molar-refractivity contribution in [1.82, 2.24) is 10.2 Å². The largest absolute Gasteiger partial charge is 0.480 e. The number of piperidine rings is 1. The second-order valence-corrected chi connectivity index (χ2v) is 6.38. The SMILES string of the molecule is CCCNC(C)(CCCN1CCCC(CC)C1)C(=O)O. The Labute approximate surface area is 123 Å². The third kappa shape index (κ3) is 5.41. The summed E-state index contributed by atoms with van der Waals surface area (Å²) in [5, 5.41) is 12.6. The Bertz CT molecular complexity index is 296. The van der Waals surface area contributed by atoms with Crippen LogP contribution in [-0.2, 0) is 4.79 Å². The molecule has 1 rings (SSSR count). The normalized spacial score (nSPS) is 23.4. The molecule has 4 heteroatoms. The second-order valence-electron chi connectivity index (χ2n) is 6.38. The zero-order chi connectivity index (χ0) is 15.0. The number of carboxylic acids is 1. The second kappa shape index (κ2) is 8.63. The van der Waals surface area contributed by atoms with Gasteiger partial charge in [-0.3, -0.25) is 4.79 Å². The van der Waals surface area contributed by atoms with Gasteiger partial charge >= 0.3 is 5.97 Å². The highest BCUT2D eigenvalue weighted by Crippen LogP contribution is 2.20. The topological polar surface area (TPSA) is 52.6 Å². The third-order valence-corrected chi connectivity index (χ3v) is 4.57. The van der Waals surface area contributed by atoms with Crippen LogP contribution in [0.4, 0.5) is 0 Å². The number of carbonyl (C=O) groups is 1. The van der Waals surface area contributed by atoms with Crippen LogP contribution in [0.3, 0.4) is 0 Å². The standard InChI is InChI=1S/C16H32N2O2/c1-4-10-17-16(3,15(19)20)9-7-12-18-11-6-8-14(5-2)13-18/h14,17H,4-13H2,1-3H3,(H,19,20). The Morgan fingerprint density at radius 3 is 2.80 bits per heavy atom. The van der Waals surface area contributed by atoms with Gasteiger partial charge in [-0.1, -0.05) is 20.3 Å². The van der Waals surface area contributed by atoms with E-state index in [-0.39, 0.29) is 0 Å². The van der Waals surface area contributed by atoms with Gasteiger partial charge in [0.1, 0.15) is 5.54 Å². The van der Waals surface area contributed by atoms with E-state index in [4.69, 9.17) is 0 Å². The monoisotopic (exact) mass is 284 g/mol. The van der Waals surface area contributed by atoms with Gasteiger partial charge < -0.3 is 15.3 Å². The highest BCUT2D eigenvalue weighted by molar-refractivity contribution is 5.78. The number of rotatable bonds is 9. The van der Waals surface area contributed by atoms with E-state index in [2.05, 4.69) is 24.1 Å². The molecular weight excluding hydrogens is 252 g/mol. The van der Waals surface area contributed by atoms with Crippen LogP contribution in [-0.4, -0.2) is 47.7 Å². The summed E-state index contributed by atoms with van der Waals surface area (Å²) in [6.45, 7) is 10.3. The number of hydrogen-bond acceptors (Lipinski definition) is 3. The van der Waals surface area contributed by atoms with E-state index in [9.17, 15) is 9.90 Å². The van der Waals surface area contributed by atoms with E-state index in [1.807, 2.05) is 6.92 Å². The first-order valence-electron chi connectivity index (χ1n) is 8.22. The summed E-state index contributed by atoms with van der Waals surface area (Å²) in [5.74, 6) is 0.115. The summed E-state index contributed by atoms with van der Waals surface area (Å²) < 4.78 is 0. The van der Waals surface area contributed by atoms with E-state index in [1.54, 1.807) is 0 Å². The van der Waals surface area contributed by atoms with Gasteiger partial charge in [0, 0.05) is 6.54 Å². The first-order chi connectivity index (χ1) is 9.51. The zero-order valence-corrected chi connectivity index (χ0v) is 13.5. The molecule has 1 aliphatic heterocycles. The van der Waals surface area contributed by atoms with Crippen molar-refractivity contribution in [2.24, 2.45) is 5.92 Å². The minimum Gasteiger partial charge on any atom is -0.480 e. The zero-order valence-electron chi connectivity index (χ0n) is 13.5. The minimum absolute atomic E-state index is 0.704. The number of aliphatic carboxylic acids is 1. The third-order valence-electron chi connectivity index (χ3n) is 4.57. The first kappa shape index (κ1) is 17.4. The molecule has 2 unspecified atom stereocenters. The van der Waals surface area contributed by atoms with E-state index in [0.717, 1.165) is 31.8 Å². The Hall–Kier alpha value is -0.610. The van der Waals surface area contributed by atoms with Crippen LogP contribution >= 0.6 is 0 Å². The fraction of sp³-hybridized carbons (Fsp3) is 0.938. The molecule has 20 heavy (non-hydrogen) atoms. The Morgan fingerprint density at radius 2 is 2.20 bits per heavy atom. The predicted molar refractivity (Wildman–Crippen MR) is 83.0 cm³/mol. The van der Waals surface area contributed by atoms with Gasteiger partial charge in [-0.25, -0.2) is 0 Å². The van der Waals surface area contributed by atoms with Crippen LogP contribution in [0.1, 0.15) is 59.3 Å². The Morgan fingerprint density at radius 1 is 1.45 bits per heavy atom. The molecule has 118 valence electrons. The van der Waals surface area contributed by atoms with Crippen LogP contribution in [0.2, 0.25) is 0 Å². The number of hydrogen-bond donors (Lipinski definition) is 2. The van der Waals surface area contributed by atoms with E-state index in [1.165, 1.54) is 32.4 Å². The van der Waals surface area contributed by atoms with Crippen LogP contribution in [0, 0.1) is 5.92 Å². The molecule has 1 saturated heterocycles. The van der Waals surface area contributed by atoms with Gasteiger partial charge in [0.05, 0.1) is 0 Å². The Kier molecular flexibility index (Phi) is 7.52.